The summed E-state index contributed by atoms with van der Waals surface area (Å²) < 4.78 is 22.0. The van der Waals surface area contributed by atoms with Crippen LogP contribution in [0.1, 0.15) is 174 Å². The molecule has 0 heterocycles. The standard InChI is InChI=1S/C38H75N2O7P/c1-3-5-7-9-11-13-15-17-19-21-23-25-27-29-35(41)33-38(43)40-36(34-47-48(44,45)46-32-31-39)37(42)30-28-26-24-22-20-18-16-14-12-10-8-6-4-2/h11,13,15,17,35-37,41-42H,3-10,12,14,16,18-34,39H2,1-2H3,(H,40,43)(H,44,45)/b13-11-,17-15-. The van der Waals surface area contributed by atoms with Crippen LogP contribution in [0.4, 0.5) is 0 Å². The molecule has 10 heteroatoms. The zero-order valence-electron chi connectivity index (χ0n) is 30.8. The quantitative estimate of drug-likeness (QED) is 0.0246. The summed E-state index contributed by atoms with van der Waals surface area (Å²) in [6, 6.07) is -0.900. The van der Waals surface area contributed by atoms with Crippen molar-refractivity contribution >= 4 is 13.7 Å². The smallest absolute Gasteiger partial charge is 0.393 e. The van der Waals surface area contributed by atoms with Crippen LogP contribution in [0, 0.1) is 0 Å². The Hall–Kier alpha value is -1.06. The molecule has 0 aliphatic carbocycles. The highest BCUT2D eigenvalue weighted by Gasteiger charge is 2.28. The van der Waals surface area contributed by atoms with E-state index in [9.17, 15) is 24.5 Å². The Morgan fingerprint density at radius 1 is 0.708 bits per heavy atom. The third-order valence-electron chi connectivity index (χ3n) is 8.64. The average Bonchev–Trinajstić information content (AvgIpc) is 3.06. The van der Waals surface area contributed by atoms with E-state index in [1.54, 1.807) is 0 Å². The Bertz CT molecular complexity index is 827. The van der Waals surface area contributed by atoms with E-state index in [0.717, 1.165) is 57.8 Å². The number of hydrogen-bond donors (Lipinski definition) is 5. The van der Waals surface area contributed by atoms with E-state index in [0.29, 0.717) is 12.8 Å². The van der Waals surface area contributed by atoms with Crippen molar-refractivity contribution in [1.82, 2.24) is 5.32 Å². The van der Waals surface area contributed by atoms with E-state index in [1.165, 1.54) is 83.5 Å². The van der Waals surface area contributed by atoms with Gasteiger partial charge < -0.3 is 26.2 Å². The Labute approximate surface area is 294 Å². The van der Waals surface area contributed by atoms with E-state index in [2.05, 4.69) is 43.5 Å². The van der Waals surface area contributed by atoms with Crippen molar-refractivity contribution in [2.75, 3.05) is 19.8 Å². The van der Waals surface area contributed by atoms with Crippen molar-refractivity contribution in [3.63, 3.8) is 0 Å². The Morgan fingerprint density at radius 2 is 1.17 bits per heavy atom. The van der Waals surface area contributed by atoms with Crippen LogP contribution in [0.2, 0.25) is 0 Å². The molecule has 0 bridgehead atoms. The highest BCUT2D eigenvalue weighted by atomic mass is 31.2. The van der Waals surface area contributed by atoms with Crippen molar-refractivity contribution in [1.29, 1.82) is 0 Å². The van der Waals surface area contributed by atoms with Crippen molar-refractivity contribution < 1.29 is 33.5 Å². The number of phosphoric ester groups is 1. The lowest BCUT2D eigenvalue weighted by Gasteiger charge is -2.25. The molecule has 0 aliphatic heterocycles. The van der Waals surface area contributed by atoms with Gasteiger partial charge in [-0.25, -0.2) is 4.57 Å². The minimum atomic E-state index is -4.37. The molecule has 0 saturated heterocycles. The van der Waals surface area contributed by atoms with Gasteiger partial charge in [-0.15, -0.1) is 0 Å². The van der Waals surface area contributed by atoms with Crippen LogP contribution in [-0.4, -0.2) is 59.0 Å². The first-order valence-corrected chi connectivity index (χ1v) is 21.0. The minimum absolute atomic E-state index is 0.0571. The number of nitrogens with two attached hydrogens (primary N) is 1. The van der Waals surface area contributed by atoms with Gasteiger partial charge in [-0.05, 0) is 38.5 Å². The first kappa shape index (κ1) is 46.9. The Morgan fingerprint density at radius 3 is 1.71 bits per heavy atom. The summed E-state index contributed by atoms with van der Waals surface area (Å²) >= 11 is 0. The van der Waals surface area contributed by atoms with Crippen LogP contribution < -0.4 is 11.1 Å². The lowest BCUT2D eigenvalue weighted by Crippen LogP contribution is -2.47. The normalized spacial score (nSPS) is 15.2. The molecule has 48 heavy (non-hydrogen) atoms. The van der Waals surface area contributed by atoms with Crippen LogP contribution in [0.25, 0.3) is 0 Å². The van der Waals surface area contributed by atoms with E-state index in [-0.39, 0.29) is 26.2 Å². The first-order valence-electron chi connectivity index (χ1n) is 19.5. The summed E-state index contributed by atoms with van der Waals surface area (Å²) in [6.07, 6.45) is 33.6. The molecular weight excluding hydrogens is 627 g/mol. The Kier molecular flexibility index (Phi) is 33.6. The monoisotopic (exact) mass is 703 g/mol. The van der Waals surface area contributed by atoms with Gasteiger partial charge in [0.15, 0.2) is 0 Å². The topological polar surface area (TPSA) is 151 Å². The fraction of sp³-hybridized carbons (Fsp3) is 0.868. The number of aliphatic hydroxyl groups excluding tert-OH is 2. The van der Waals surface area contributed by atoms with E-state index in [1.807, 2.05) is 0 Å². The van der Waals surface area contributed by atoms with Crippen LogP contribution in [0.5, 0.6) is 0 Å². The summed E-state index contributed by atoms with van der Waals surface area (Å²) in [5.41, 5.74) is 5.35. The number of carbonyl (C=O) groups is 1. The molecule has 9 nitrogen and oxygen atoms in total. The van der Waals surface area contributed by atoms with Crippen LogP contribution >= 0.6 is 7.82 Å². The molecule has 0 radical (unpaired) electrons. The van der Waals surface area contributed by atoms with Crippen LogP contribution in [0.3, 0.4) is 0 Å². The first-order chi connectivity index (χ1) is 23.3. The highest BCUT2D eigenvalue weighted by molar-refractivity contribution is 7.47. The largest absolute Gasteiger partial charge is 0.472 e. The number of allylic oxidation sites excluding steroid dienone is 4. The van der Waals surface area contributed by atoms with Gasteiger partial charge in [0.05, 0.1) is 37.9 Å². The zero-order valence-corrected chi connectivity index (χ0v) is 31.7. The molecule has 0 rings (SSSR count). The molecule has 4 unspecified atom stereocenters. The summed E-state index contributed by atoms with van der Waals surface area (Å²) in [4.78, 5) is 22.7. The molecule has 6 N–H and O–H groups in total. The van der Waals surface area contributed by atoms with E-state index in [4.69, 9.17) is 14.8 Å². The van der Waals surface area contributed by atoms with Gasteiger partial charge in [-0.1, -0.05) is 154 Å². The summed E-state index contributed by atoms with van der Waals surface area (Å²) in [5.74, 6) is -0.427. The number of nitrogens with one attached hydrogen (secondary N) is 1. The minimum Gasteiger partial charge on any atom is -0.393 e. The number of hydrogen-bond acceptors (Lipinski definition) is 7. The molecule has 4 atom stereocenters. The lowest BCUT2D eigenvalue weighted by atomic mass is 10.0. The fourth-order valence-corrected chi connectivity index (χ4v) is 6.40. The van der Waals surface area contributed by atoms with Gasteiger partial charge >= 0.3 is 7.82 Å². The third kappa shape index (κ3) is 32.2. The zero-order chi connectivity index (χ0) is 35.6. The second-order valence-corrected chi connectivity index (χ2v) is 14.8. The van der Waals surface area contributed by atoms with Crippen molar-refractivity contribution in [3.8, 4) is 0 Å². The SMILES string of the molecule is CCCCC/C=C\C=C/CCCCCCC(O)CC(=O)NC(COP(=O)(O)OCCN)C(O)CCCCCCCCCCCCCCC. The van der Waals surface area contributed by atoms with Gasteiger partial charge in [-0.2, -0.15) is 0 Å². The van der Waals surface area contributed by atoms with Gasteiger partial charge in [0.2, 0.25) is 5.91 Å². The second-order valence-electron chi connectivity index (χ2n) is 13.4. The fourth-order valence-electron chi connectivity index (χ4n) is 5.64. The summed E-state index contributed by atoms with van der Waals surface area (Å²) in [6.45, 7) is 3.98. The van der Waals surface area contributed by atoms with Crippen LogP contribution in [0.15, 0.2) is 24.3 Å². The Balaban J connectivity index is 4.39. The molecule has 0 aromatic heterocycles. The molecule has 0 aromatic rings. The lowest BCUT2D eigenvalue weighted by molar-refractivity contribution is -0.125. The highest BCUT2D eigenvalue weighted by Crippen LogP contribution is 2.43. The number of unbranched alkanes of at least 4 members (excludes halogenated alkanes) is 19. The van der Waals surface area contributed by atoms with E-state index >= 15 is 0 Å². The number of rotatable bonds is 36. The number of amides is 1. The predicted molar refractivity (Wildman–Crippen MR) is 200 cm³/mol. The molecule has 0 aromatic carbocycles. The third-order valence-corrected chi connectivity index (χ3v) is 9.62. The molecule has 0 saturated carbocycles. The second kappa shape index (κ2) is 34.4. The molecule has 1 amide bonds. The summed E-state index contributed by atoms with van der Waals surface area (Å²) in [7, 11) is -4.37. The predicted octanol–water partition coefficient (Wildman–Crippen LogP) is 9.19. The van der Waals surface area contributed by atoms with Gasteiger partial charge in [0, 0.05) is 6.54 Å². The molecule has 284 valence electrons. The maximum absolute atomic E-state index is 12.8. The van der Waals surface area contributed by atoms with Crippen LogP contribution in [-0.2, 0) is 18.4 Å². The van der Waals surface area contributed by atoms with Gasteiger partial charge in [-0.3, -0.25) is 13.8 Å². The number of phosphoric acid groups is 1. The molecule has 0 fully saturated rings. The van der Waals surface area contributed by atoms with Gasteiger partial charge in [0.1, 0.15) is 0 Å². The maximum Gasteiger partial charge on any atom is 0.472 e. The van der Waals surface area contributed by atoms with E-state index < -0.39 is 32.0 Å². The van der Waals surface area contributed by atoms with Crippen molar-refractivity contribution in [2.45, 2.75) is 193 Å². The summed E-state index contributed by atoms with van der Waals surface area (Å²) in [5, 5.41) is 24.1. The molecule has 0 aliphatic rings. The molecule has 0 spiro atoms. The maximum atomic E-state index is 12.8. The number of carbonyl (C=O) groups excluding carboxylic acids is 1. The van der Waals surface area contributed by atoms with Crippen molar-refractivity contribution in [2.24, 2.45) is 5.73 Å². The average molecular weight is 703 g/mol. The molecular formula is C38H75N2O7P. The van der Waals surface area contributed by atoms with Gasteiger partial charge in [0.25, 0.3) is 0 Å². The number of aliphatic hydroxyl groups is 2. The van der Waals surface area contributed by atoms with Crippen molar-refractivity contribution in [3.05, 3.63) is 24.3 Å².